The molecule has 1 aromatic carbocycles. The van der Waals surface area contributed by atoms with Crippen molar-refractivity contribution >= 4 is 23.5 Å². The highest BCUT2D eigenvalue weighted by molar-refractivity contribution is 6.30. The fourth-order valence-electron chi connectivity index (χ4n) is 2.91. The summed E-state index contributed by atoms with van der Waals surface area (Å²) in [5, 5.41) is 13.1. The van der Waals surface area contributed by atoms with Crippen LogP contribution in [0.2, 0.25) is 5.02 Å². The molecular weight excluding hydrogens is 424 g/mol. The number of hydrogen-bond donors (Lipinski definition) is 2. The van der Waals surface area contributed by atoms with Crippen LogP contribution >= 0.6 is 11.6 Å². The van der Waals surface area contributed by atoms with Gasteiger partial charge in [0.05, 0.1) is 7.11 Å². The Bertz CT molecular complexity index is 921. The number of halogens is 1. The van der Waals surface area contributed by atoms with Gasteiger partial charge >= 0.3 is 5.97 Å². The molecule has 168 valence electrons. The molecule has 0 bridgehead atoms. The van der Waals surface area contributed by atoms with E-state index < -0.39 is 35.9 Å². The van der Waals surface area contributed by atoms with Gasteiger partial charge in [0.15, 0.2) is 17.2 Å². The van der Waals surface area contributed by atoms with E-state index in [4.69, 9.17) is 25.8 Å². The third-order valence-corrected chi connectivity index (χ3v) is 4.75. The number of esters is 1. The Balaban J connectivity index is 2.02. The van der Waals surface area contributed by atoms with Crippen molar-refractivity contribution in [1.29, 1.82) is 0 Å². The van der Waals surface area contributed by atoms with Crippen molar-refractivity contribution in [2.24, 2.45) is 5.92 Å². The molecule has 1 aromatic heterocycles. The van der Waals surface area contributed by atoms with Crippen LogP contribution in [0, 0.1) is 5.92 Å². The van der Waals surface area contributed by atoms with Crippen LogP contribution in [-0.2, 0) is 9.53 Å². The summed E-state index contributed by atoms with van der Waals surface area (Å²) in [6.07, 6.45) is 0.280. The minimum atomic E-state index is -0.985. The molecule has 0 radical (unpaired) electrons. The molecule has 0 saturated heterocycles. The first kappa shape index (κ1) is 24.3. The summed E-state index contributed by atoms with van der Waals surface area (Å²) >= 11 is 6.01. The third-order valence-electron chi connectivity index (χ3n) is 4.51. The molecule has 0 unspecified atom stereocenters. The largest absolute Gasteiger partial charge is 0.503 e. The summed E-state index contributed by atoms with van der Waals surface area (Å²) in [5.41, 5.74) is -0.253. The van der Waals surface area contributed by atoms with Gasteiger partial charge in [-0.3, -0.25) is 4.79 Å². The number of nitrogens with zero attached hydrogens (tertiary/aromatic N) is 1. The fourth-order valence-corrected chi connectivity index (χ4v) is 3.10. The zero-order valence-electron chi connectivity index (χ0n) is 18.1. The Morgan fingerprint density at radius 3 is 2.48 bits per heavy atom. The minimum Gasteiger partial charge on any atom is -0.503 e. The Labute approximate surface area is 186 Å². The second-order valence-corrected chi connectivity index (χ2v) is 7.77. The molecule has 0 saturated carbocycles. The number of amides is 1. The lowest BCUT2D eigenvalue weighted by Crippen LogP contribution is -2.44. The van der Waals surface area contributed by atoms with E-state index in [1.54, 1.807) is 31.2 Å². The van der Waals surface area contributed by atoms with Crippen molar-refractivity contribution in [3.05, 3.63) is 47.2 Å². The average molecular weight is 451 g/mol. The highest BCUT2D eigenvalue weighted by atomic mass is 35.5. The minimum absolute atomic E-state index is 0.0320. The highest BCUT2D eigenvalue weighted by Gasteiger charge is 2.29. The number of rotatable bonds is 9. The van der Waals surface area contributed by atoms with E-state index in [-0.39, 0.29) is 17.4 Å². The Morgan fingerprint density at radius 1 is 1.16 bits per heavy atom. The van der Waals surface area contributed by atoms with Gasteiger partial charge < -0.3 is 24.6 Å². The van der Waals surface area contributed by atoms with Crippen molar-refractivity contribution < 1.29 is 28.9 Å². The predicted octanol–water partition coefficient (Wildman–Crippen LogP) is 3.60. The number of methoxy groups -OCH3 is 1. The van der Waals surface area contributed by atoms with Crippen LogP contribution in [0.1, 0.15) is 38.2 Å². The maximum Gasteiger partial charge on any atom is 0.328 e. The molecule has 2 rings (SSSR count). The number of carbonyl (C=O) groups excluding carboxylic acids is 2. The molecular formula is C22H27ClN2O6. The van der Waals surface area contributed by atoms with E-state index in [2.05, 4.69) is 10.3 Å². The zero-order valence-corrected chi connectivity index (χ0v) is 18.8. The lowest BCUT2D eigenvalue weighted by Gasteiger charge is -2.29. The quantitative estimate of drug-likeness (QED) is 0.562. The Morgan fingerprint density at radius 2 is 1.87 bits per heavy atom. The Hall–Kier alpha value is -3.00. The smallest absolute Gasteiger partial charge is 0.328 e. The topological polar surface area (TPSA) is 107 Å². The molecule has 0 aliphatic carbocycles. The van der Waals surface area contributed by atoms with E-state index in [9.17, 15) is 14.7 Å². The molecule has 9 heteroatoms. The number of hydrogen-bond acceptors (Lipinski definition) is 7. The van der Waals surface area contributed by atoms with Crippen molar-refractivity contribution in [2.75, 3.05) is 7.11 Å². The van der Waals surface area contributed by atoms with E-state index in [0.29, 0.717) is 10.8 Å². The van der Waals surface area contributed by atoms with Gasteiger partial charge in [0, 0.05) is 17.3 Å². The number of pyridine rings is 1. The SMILES string of the molecule is COc1ccnc(C(=O)N[C@@H](C)C(=O)O[C@@H](C)[C@@H](Oc2cccc(Cl)c2)C(C)C)c1O. The van der Waals surface area contributed by atoms with Crippen LogP contribution in [0.25, 0.3) is 0 Å². The number of aromatic hydroxyl groups is 1. The lowest BCUT2D eigenvalue weighted by atomic mass is 10.0. The molecule has 1 heterocycles. The molecule has 0 fully saturated rings. The Kier molecular flexibility index (Phi) is 8.50. The maximum atomic E-state index is 12.5. The fraction of sp³-hybridized carbons (Fsp3) is 0.409. The van der Waals surface area contributed by atoms with Crippen molar-refractivity contribution in [3.63, 3.8) is 0 Å². The maximum absolute atomic E-state index is 12.5. The summed E-state index contributed by atoms with van der Waals surface area (Å²) in [5.74, 6) is -1.10. The normalized spacial score (nSPS) is 13.8. The molecule has 3 atom stereocenters. The highest BCUT2D eigenvalue weighted by Crippen LogP contribution is 2.27. The lowest BCUT2D eigenvalue weighted by molar-refractivity contribution is -0.155. The van der Waals surface area contributed by atoms with Crippen LogP contribution in [0.5, 0.6) is 17.2 Å². The molecule has 0 spiro atoms. The zero-order chi connectivity index (χ0) is 23.1. The summed E-state index contributed by atoms with van der Waals surface area (Å²) in [7, 11) is 1.36. The second-order valence-electron chi connectivity index (χ2n) is 7.33. The van der Waals surface area contributed by atoms with E-state index >= 15 is 0 Å². The van der Waals surface area contributed by atoms with Crippen molar-refractivity contribution in [3.8, 4) is 17.2 Å². The van der Waals surface area contributed by atoms with E-state index in [1.807, 2.05) is 13.8 Å². The van der Waals surface area contributed by atoms with Gasteiger partial charge in [-0.15, -0.1) is 0 Å². The summed E-state index contributed by atoms with van der Waals surface area (Å²) in [4.78, 5) is 28.8. The molecule has 0 aliphatic heterocycles. The predicted molar refractivity (Wildman–Crippen MR) is 116 cm³/mol. The van der Waals surface area contributed by atoms with Crippen LogP contribution in [0.3, 0.4) is 0 Å². The van der Waals surface area contributed by atoms with Gasteiger partial charge in [0.1, 0.15) is 24.0 Å². The number of ether oxygens (including phenoxy) is 3. The second kappa shape index (κ2) is 10.9. The molecule has 2 N–H and O–H groups in total. The van der Waals surface area contributed by atoms with Gasteiger partial charge in [-0.2, -0.15) is 0 Å². The molecule has 0 aliphatic rings. The van der Waals surface area contributed by atoms with Gasteiger partial charge in [-0.05, 0) is 38.0 Å². The monoisotopic (exact) mass is 450 g/mol. The van der Waals surface area contributed by atoms with Crippen molar-refractivity contribution in [2.45, 2.75) is 45.9 Å². The van der Waals surface area contributed by atoms with Gasteiger partial charge in [0.25, 0.3) is 5.91 Å². The van der Waals surface area contributed by atoms with Gasteiger partial charge in [-0.25, -0.2) is 9.78 Å². The summed E-state index contributed by atoms with van der Waals surface area (Å²) in [6, 6.07) is 7.39. The first-order chi connectivity index (χ1) is 14.6. The van der Waals surface area contributed by atoms with Crippen LogP contribution in [0.15, 0.2) is 36.5 Å². The number of nitrogens with one attached hydrogen (secondary N) is 1. The van der Waals surface area contributed by atoms with E-state index in [1.165, 1.54) is 26.3 Å². The van der Waals surface area contributed by atoms with Crippen molar-refractivity contribution in [1.82, 2.24) is 10.3 Å². The summed E-state index contributed by atoms with van der Waals surface area (Å²) < 4.78 is 16.5. The van der Waals surface area contributed by atoms with Gasteiger partial charge in [-0.1, -0.05) is 31.5 Å². The number of aromatic nitrogens is 1. The van der Waals surface area contributed by atoms with Crippen LogP contribution in [-0.4, -0.2) is 47.3 Å². The van der Waals surface area contributed by atoms with Gasteiger partial charge in [0.2, 0.25) is 0 Å². The molecule has 31 heavy (non-hydrogen) atoms. The molecule has 2 aromatic rings. The standard InChI is InChI=1S/C22H27ClN2O6/c1-12(2)20(31-16-8-6-7-15(23)11-16)14(4)30-22(28)13(3)25-21(27)18-19(26)17(29-5)9-10-24-18/h6-14,20,26H,1-5H3,(H,25,27)/t13-,14-,20-/m0/s1. The summed E-state index contributed by atoms with van der Waals surface area (Å²) in [6.45, 7) is 7.09. The first-order valence-electron chi connectivity index (χ1n) is 9.79. The number of carbonyl (C=O) groups is 2. The molecule has 8 nitrogen and oxygen atoms in total. The van der Waals surface area contributed by atoms with E-state index in [0.717, 1.165) is 0 Å². The third kappa shape index (κ3) is 6.49. The number of benzene rings is 1. The average Bonchev–Trinajstić information content (AvgIpc) is 2.71. The first-order valence-corrected chi connectivity index (χ1v) is 10.2. The van der Waals surface area contributed by atoms with Crippen LogP contribution < -0.4 is 14.8 Å². The molecule has 1 amide bonds. The van der Waals surface area contributed by atoms with Crippen LogP contribution in [0.4, 0.5) is 0 Å².